The molecule has 1 heterocycles. The van der Waals surface area contributed by atoms with E-state index in [0.29, 0.717) is 6.21 Å². The van der Waals surface area contributed by atoms with Crippen molar-refractivity contribution in [2.24, 2.45) is 10.1 Å². The second-order valence-electron chi connectivity index (χ2n) is 5.08. The van der Waals surface area contributed by atoms with Crippen molar-refractivity contribution in [2.75, 3.05) is 5.75 Å². The predicted octanol–water partition coefficient (Wildman–Crippen LogP) is 0.424. The summed E-state index contributed by atoms with van der Waals surface area (Å²) in [5, 5.41) is 18.5. The summed E-state index contributed by atoms with van der Waals surface area (Å²) in [4.78, 5) is 13.9. The third kappa shape index (κ3) is 5.76. The van der Waals surface area contributed by atoms with Crippen LogP contribution in [0.2, 0.25) is 0 Å². The molecule has 0 saturated carbocycles. The van der Waals surface area contributed by atoms with Gasteiger partial charge in [0.15, 0.2) is 0 Å². The molecule has 0 amide bonds. The molecule has 1 unspecified atom stereocenters. The SMILES string of the molecule is N[C@@H](CC=NS(=O)(=O)CCC(O)(c1ccccn1)C(F)(F)F)C(=O)O. The minimum Gasteiger partial charge on any atom is -0.480 e. The number of halogens is 3. The average Bonchev–Trinajstić information content (AvgIpc) is 2.52. The van der Waals surface area contributed by atoms with Gasteiger partial charge in [0.25, 0.3) is 10.0 Å². The monoisotopic (exact) mass is 383 g/mol. The van der Waals surface area contributed by atoms with Gasteiger partial charge in [-0.3, -0.25) is 9.78 Å². The molecule has 0 saturated heterocycles. The first kappa shape index (κ1) is 21.0. The number of aliphatic carboxylic acids is 1. The van der Waals surface area contributed by atoms with E-state index in [1.165, 1.54) is 12.1 Å². The smallest absolute Gasteiger partial charge is 0.423 e. The Morgan fingerprint density at radius 1 is 1.40 bits per heavy atom. The highest BCUT2D eigenvalue weighted by atomic mass is 32.2. The third-order valence-corrected chi connectivity index (χ3v) is 4.38. The van der Waals surface area contributed by atoms with Crippen LogP contribution >= 0.6 is 0 Å². The van der Waals surface area contributed by atoms with E-state index >= 15 is 0 Å². The van der Waals surface area contributed by atoms with Gasteiger partial charge in [-0.05, 0) is 12.1 Å². The molecule has 25 heavy (non-hydrogen) atoms. The molecular weight excluding hydrogens is 367 g/mol. The highest BCUT2D eigenvalue weighted by molar-refractivity contribution is 7.90. The molecule has 12 heteroatoms. The van der Waals surface area contributed by atoms with Gasteiger partial charge in [0.1, 0.15) is 6.04 Å². The highest BCUT2D eigenvalue weighted by Gasteiger charge is 2.56. The minimum atomic E-state index is -5.16. The minimum absolute atomic E-state index is 0.418. The topological polar surface area (TPSA) is 143 Å². The predicted molar refractivity (Wildman–Crippen MR) is 81.3 cm³/mol. The summed E-state index contributed by atoms with van der Waals surface area (Å²) in [6.07, 6.45) is -5.07. The molecule has 0 aliphatic heterocycles. The Hall–Kier alpha value is -2.05. The van der Waals surface area contributed by atoms with E-state index in [4.69, 9.17) is 10.8 Å². The van der Waals surface area contributed by atoms with Crippen molar-refractivity contribution < 1.29 is 36.6 Å². The van der Waals surface area contributed by atoms with Crippen LogP contribution in [0.3, 0.4) is 0 Å². The third-order valence-electron chi connectivity index (χ3n) is 3.19. The fourth-order valence-corrected chi connectivity index (χ4v) is 2.69. The van der Waals surface area contributed by atoms with Crippen LogP contribution in [0.1, 0.15) is 18.5 Å². The van der Waals surface area contributed by atoms with Crippen molar-refractivity contribution in [1.29, 1.82) is 0 Å². The molecular formula is C13H16F3N3O5S. The Morgan fingerprint density at radius 2 is 2.04 bits per heavy atom. The van der Waals surface area contributed by atoms with Gasteiger partial charge in [0, 0.05) is 25.3 Å². The molecule has 1 aromatic rings. The van der Waals surface area contributed by atoms with Gasteiger partial charge in [0.05, 0.1) is 11.4 Å². The first-order valence-corrected chi connectivity index (χ1v) is 8.45. The molecule has 8 nitrogen and oxygen atoms in total. The van der Waals surface area contributed by atoms with Crippen molar-refractivity contribution in [3.05, 3.63) is 30.1 Å². The summed E-state index contributed by atoms with van der Waals surface area (Å²) >= 11 is 0. The molecule has 2 atom stereocenters. The molecule has 1 rings (SSSR count). The van der Waals surface area contributed by atoms with Crippen LogP contribution in [0.25, 0.3) is 0 Å². The second-order valence-corrected chi connectivity index (χ2v) is 6.86. The van der Waals surface area contributed by atoms with E-state index in [2.05, 4.69) is 9.38 Å². The Balaban J connectivity index is 2.90. The van der Waals surface area contributed by atoms with Crippen molar-refractivity contribution in [3.63, 3.8) is 0 Å². The number of rotatable bonds is 8. The molecule has 1 aromatic heterocycles. The molecule has 0 spiro atoms. The van der Waals surface area contributed by atoms with Crippen LogP contribution in [0.15, 0.2) is 28.8 Å². The van der Waals surface area contributed by atoms with Gasteiger partial charge >= 0.3 is 12.1 Å². The van der Waals surface area contributed by atoms with Crippen LogP contribution in [-0.4, -0.2) is 53.8 Å². The lowest BCUT2D eigenvalue weighted by molar-refractivity contribution is -0.268. The number of pyridine rings is 1. The zero-order chi connectivity index (χ0) is 19.3. The summed E-state index contributed by atoms with van der Waals surface area (Å²) in [7, 11) is -4.37. The van der Waals surface area contributed by atoms with Crippen molar-refractivity contribution in [2.45, 2.75) is 30.7 Å². The van der Waals surface area contributed by atoms with Gasteiger partial charge < -0.3 is 15.9 Å². The average molecular weight is 383 g/mol. The van der Waals surface area contributed by atoms with Gasteiger partial charge in [-0.15, -0.1) is 0 Å². The summed E-state index contributed by atoms with van der Waals surface area (Å²) in [6.45, 7) is 0. The summed E-state index contributed by atoms with van der Waals surface area (Å²) in [6, 6.07) is 2.10. The molecule has 0 aromatic carbocycles. The fourth-order valence-electron chi connectivity index (χ4n) is 1.72. The first-order valence-electron chi connectivity index (χ1n) is 6.84. The molecule has 0 aliphatic rings. The zero-order valence-corrected chi connectivity index (χ0v) is 13.5. The Morgan fingerprint density at radius 3 is 2.52 bits per heavy atom. The second kappa shape index (κ2) is 7.89. The number of carbonyl (C=O) groups is 1. The Bertz CT molecular complexity index is 724. The van der Waals surface area contributed by atoms with Gasteiger partial charge in [0.2, 0.25) is 5.60 Å². The number of sulfonamides is 1. The number of carboxylic acid groups (broad SMARTS) is 1. The number of nitrogens with two attached hydrogens (primary N) is 1. The van der Waals surface area contributed by atoms with Crippen molar-refractivity contribution >= 4 is 22.2 Å². The maximum Gasteiger partial charge on any atom is 0.423 e. The Kier molecular flexibility index (Phi) is 6.62. The van der Waals surface area contributed by atoms with E-state index in [9.17, 15) is 31.5 Å². The van der Waals surface area contributed by atoms with Crippen molar-refractivity contribution in [1.82, 2.24) is 4.98 Å². The highest BCUT2D eigenvalue weighted by Crippen LogP contribution is 2.40. The molecule has 0 aliphatic carbocycles. The van der Waals surface area contributed by atoms with E-state index in [1.807, 2.05) is 0 Å². The summed E-state index contributed by atoms with van der Waals surface area (Å²) < 4.78 is 66.1. The van der Waals surface area contributed by atoms with Crippen molar-refractivity contribution in [3.8, 4) is 0 Å². The largest absolute Gasteiger partial charge is 0.480 e. The molecule has 0 fully saturated rings. The van der Waals surface area contributed by atoms with E-state index in [-0.39, 0.29) is 0 Å². The van der Waals surface area contributed by atoms with Gasteiger partial charge in [-0.2, -0.15) is 17.6 Å². The number of carboxylic acids is 1. The normalized spacial score (nSPS) is 16.5. The van der Waals surface area contributed by atoms with Crippen LogP contribution in [0, 0.1) is 0 Å². The number of aliphatic hydroxyl groups is 1. The van der Waals surface area contributed by atoms with Crippen LogP contribution in [0.4, 0.5) is 13.2 Å². The quantitative estimate of drug-likeness (QED) is 0.552. The van der Waals surface area contributed by atoms with Crippen LogP contribution in [0.5, 0.6) is 0 Å². The lowest BCUT2D eigenvalue weighted by atomic mass is 9.95. The van der Waals surface area contributed by atoms with Crippen LogP contribution in [-0.2, 0) is 20.4 Å². The molecule has 0 radical (unpaired) electrons. The van der Waals surface area contributed by atoms with Gasteiger partial charge in [-0.25, -0.2) is 8.42 Å². The number of hydrogen-bond acceptors (Lipinski definition) is 6. The maximum atomic E-state index is 13.2. The standard InChI is InChI=1S/C13H16F3N3O5S/c14-13(15,16)12(22,10-3-1-2-6-18-10)5-8-25(23,24)19-7-4-9(17)11(20)21/h1-3,6-7,9,22H,4-5,8,17H2,(H,20,21)/t9-,12?/m0/s1. The summed E-state index contributed by atoms with van der Waals surface area (Å²) in [5.74, 6) is -2.51. The van der Waals surface area contributed by atoms with Gasteiger partial charge in [-0.1, -0.05) is 6.07 Å². The number of hydrogen-bond donors (Lipinski definition) is 3. The molecule has 4 N–H and O–H groups in total. The summed E-state index contributed by atoms with van der Waals surface area (Å²) in [5.41, 5.74) is 0.934. The number of alkyl halides is 3. The number of nitrogens with zero attached hydrogens (tertiary/aromatic N) is 2. The lowest BCUT2D eigenvalue weighted by Gasteiger charge is -2.29. The molecule has 0 bridgehead atoms. The van der Waals surface area contributed by atoms with E-state index in [0.717, 1.165) is 12.3 Å². The van der Waals surface area contributed by atoms with E-state index in [1.54, 1.807) is 0 Å². The lowest BCUT2D eigenvalue weighted by Crippen LogP contribution is -2.44. The number of aromatic nitrogens is 1. The molecule has 140 valence electrons. The van der Waals surface area contributed by atoms with Crippen LogP contribution < -0.4 is 5.73 Å². The zero-order valence-electron chi connectivity index (χ0n) is 12.7. The van der Waals surface area contributed by atoms with E-state index < -0.39 is 58.1 Å². The maximum absolute atomic E-state index is 13.2. The first-order chi connectivity index (χ1) is 11.4. The fraction of sp³-hybridized carbons (Fsp3) is 0.462. The Labute approximate surface area is 141 Å².